The van der Waals surface area contributed by atoms with E-state index in [2.05, 4.69) is 24.1 Å². The lowest BCUT2D eigenvalue weighted by Gasteiger charge is -2.38. The van der Waals surface area contributed by atoms with E-state index in [0.29, 0.717) is 5.92 Å². The molecule has 0 bridgehead atoms. The molecule has 0 aromatic carbocycles. The van der Waals surface area contributed by atoms with Crippen LogP contribution in [0.4, 0.5) is 0 Å². The summed E-state index contributed by atoms with van der Waals surface area (Å²) in [6.45, 7) is 2.01. The van der Waals surface area contributed by atoms with E-state index in [1.165, 1.54) is 5.57 Å². The number of likely N-dealkylation sites (N-methyl/N-ethyl adjacent to an activating group) is 1. The van der Waals surface area contributed by atoms with Gasteiger partial charge in [0.2, 0.25) is 0 Å². The van der Waals surface area contributed by atoms with Crippen LogP contribution in [0.1, 0.15) is 6.42 Å². The van der Waals surface area contributed by atoms with Crippen molar-refractivity contribution in [1.29, 1.82) is 0 Å². The van der Waals surface area contributed by atoms with Gasteiger partial charge in [0.1, 0.15) is 0 Å². The Morgan fingerprint density at radius 2 is 2.38 bits per heavy atom. The summed E-state index contributed by atoms with van der Waals surface area (Å²) >= 11 is 5.96. The quantitative estimate of drug-likeness (QED) is 0.637. The van der Waals surface area contributed by atoms with Crippen LogP contribution in [-0.4, -0.2) is 31.1 Å². The highest BCUT2D eigenvalue weighted by molar-refractivity contribution is 6.31. The summed E-state index contributed by atoms with van der Waals surface area (Å²) < 4.78 is 0. The van der Waals surface area contributed by atoms with Gasteiger partial charge in [0.25, 0.3) is 0 Å². The SMILES string of the molecule is CN1CC2=CC(Cl)=CCC2C(N)C1. The average Bonchev–Trinajstić information content (AvgIpc) is 2.02. The zero-order chi connectivity index (χ0) is 9.42. The first-order valence-electron chi connectivity index (χ1n) is 4.67. The molecule has 2 N–H and O–H groups in total. The van der Waals surface area contributed by atoms with Crippen LogP contribution < -0.4 is 5.73 Å². The smallest absolute Gasteiger partial charge is 0.0366 e. The largest absolute Gasteiger partial charge is 0.326 e. The molecule has 2 aliphatic rings. The maximum atomic E-state index is 6.07. The third kappa shape index (κ3) is 1.80. The molecule has 0 saturated carbocycles. The van der Waals surface area contributed by atoms with Crippen molar-refractivity contribution in [3.8, 4) is 0 Å². The minimum atomic E-state index is 0.269. The maximum Gasteiger partial charge on any atom is 0.0366 e. The van der Waals surface area contributed by atoms with E-state index in [4.69, 9.17) is 17.3 Å². The molecular weight excluding hydrogens is 184 g/mol. The second-order valence-electron chi connectivity index (χ2n) is 4.01. The second kappa shape index (κ2) is 3.45. The van der Waals surface area contributed by atoms with Gasteiger partial charge in [0.05, 0.1) is 0 Å². The molecule has 2 atom stereocenters. The van der Waals surface area contributed by atoms with Gasteiger partial charge < -0.3 is 10.6 Å². The lowest BCUT2D eigenvalue weighted by atomic mass is 9.82. The van der Waals surface area contributed by atoms with E-state index < -0.39 is 0 Å². The third-order valence-corrected chi connectivity index (χ3v) is 3.12. The Balaban J connectivity index is 2.21. The summed E-state index contributed by atoms with van der Waals surface area (Å²) in [4.78, 5) is 2.25. The molecule has 2 rings (SSSR count). The van der Waals surface area contributed by atoms with Crippen molar-refractivity contribution in [2.24, 2.45) is 11.7 Å². The Hall–Kier alpha value is -0.310. The molecule has 2 nitrogen and oxygen atoms in total. The van der Waals surface area contributed by atoms with Gasteiger partial charge in [-0.3, -0.25) is 0 Å². The van der Waals surface area contributed by atoms with Gasteiger partial charge in [-0.05, 0) is 25.1 Å². The van der Waals surface area contributed by atoms with E-state index in [0.717, 1.165) is 24.5 Å². The van der Waals surface area contributed by atoms with Gasteiger partial charge in [0, 0.05) is 30.1 Å². The van der Waals surface area contributed by atoms with Crippen LogP contribution in [0.25, 0.3) is 0 Å². The van der Waals surface area contributed by atoms with Crippen molar-refractivity contribution in [3.05, 3.63) is 22.8 Å². The van der Waals surface area contributed by atoms with E-state index in [-0.39, 0.29) is 6.04 Å². The molecule has 3 heteroatoms. The number of fused-ring (bicyclic) bond motifs is 1. The molecule has 0 aromatic rings. The number of halogens is 1. The van der Waals surface area contributed by atoms with Gasteiger partial charge in [-0.15, -0.1) is 0 Å². The average molecular weight is 199 g/mol. The Bertz CT molecular complexity index is 270. The molecule has 0 aromatic heterocycles. The maximum absolute atomic E-state index is 6.07. The number of nitrogens with two attached hydrogens (primary N) is 1. The van der Waals surface area contributed by atoms with Crippen LogP contribution in [0.2, 0.25) is 0 Å². The van der Waals surface area contributed by atoms with E-state index in [1.807, 2.05) is 0 Å². The number of hydrogen-bond acceptors (Lipinski definition) is 2. The van der Waals surface area contributed by atoms with Crippen molar-refractivity contribution >= 4 is 11.6 Å². The van der Waals surface area contributed by atoms with Gasteiger partial charge in [0.15, 0.2) is 0 Å². The molecule has 1 saturated heterocycles. The zero-order valence-corrected chi connectivity index (χ0v) is 8.59. The highest BCUT2D eigenvalue weighted by atomic mass is 35.5. The predicted molar refractivity (Wildman–Crippen MR) is 55.6 cm³/mol. The lowest BCUT2D eigenvalue weighted by molar-refractivity contribution is 0.246. The number of piperidine rings is 1. The minimum absolute atomic E-state index is 0.269. The first kappa shape index (κ1) is 9.25. The summed E-state index contributed by atoms with van der Waals surface area (Å²) in [5.41, 5.74) is 7.47. The van der Waals surface area contributed by atoms with Crippen LogP contribution in [-0.2, 0) is 0 Å². The van der Waals surface area contributed by atoms with Crippen LogP contribution in [0, 0.1) is 5.92 Å². The monoisotopic (exact) mass is 198 g/mol. The fourth-order valence-electron chi connectivity index (χ4n) is 2.21. The number of hydrogen-bond donors (Lipinski definition) is 1. The van der Waals surface area contributed by atoms with E-state index >= 15 is 0 Å². The zero-order valence-electron chi connectivity index (χ0n) is 7.83. The molecular formula is C10H15ClN2. The van der Waals surface area contributed by atoms with Gasteiger partial charge in [-0.25, -0.2) is 0 Å². The predicted octanol–water partition coefficient (Wildman–Crippen LogP) is 1.33. The number of allylic oxidation sites excluding steroid dienone is 3. The van der Waals surface area contributed by atoms with Crippen molar-refractivity contribution in [1.82, 2.24) is 4.90 Å². The first-order chi connectivity index (χ1) is 6.16. The Labute approximate surface area is 84.0 Å². The highest BCUT2D eigenvalue weighted by Gasteiger charge is 2.29. The van der Waals surface area contributed by atoms with Gasteiger partial charge in [-0.1, -0.05) is 17.7 Å². The van der Waals surface area contributed by atoms with Crippen molar-refractivity contribution < 1.29 is 0 Å². The topological polar surface area (TPSA) is 29.3 Å². The molecule has 0 spiro atoms. The first-order valence-corrected chi connectivity index (χ1v) is 5.05. The normalized spacial score (nSPS) is 35.0. The van der Waals surface area contributed by atoms with Crippen molar-refractivity contribution in [2.75, 3.05) is 20.1 Å². The molecule has 2 unspecified atom stereocenters. The fraction of sp³-hybridized carbons (Fsp3) is 0.600. The van der Waals surface area contributed by atoms with Crippen LogP contribution in [0.5, 0.6) is 0 Å². The highest BCUT2D eigenvalue weighted by Crippen LogP contribution is 2.31. The minimum Gasteiger partial charge on any atom is -0.326 e. The summed E-state index contributed by atoms with van der Waals surface area (Å²) in [7, 11) is 2.10. The molecule has 13 heavy (non-hydrogen) atoms. The lowest BCUT2D eigenvalue weighted by Crippen LogP contribution is -2.48. The van der Waals surface area contributed by atoms with Gasteiger partial charge in [-0.2, -0.15) is 0 Å². The molecule has 1 aliphatic carbocycles. The number of rotatable bonds is 0. The van der Waals surface area contributed by atoms with Crippen molar-refractivity contribution in [2.45, 2.75) is 12.5 Å². The summed E-state index contributed by atoms with van der Waals surface area (Å²) in [5, 5.41) is 0.869. The van der Waals surface area contributed by atoms with E-state index in [9.17, 15) is 0 Å². The van der Waals surface area contributed by atoms with Crippen molar-refractivity contribution in [3.63, 3.8) is 0 Å². The Morgan fingerprint density at radius 1 is 1.62 bits per heavy atom. The summed E-state index contributed by atoms with van der Waals surface area (Å²) in [6, 6.07) is 0.269. The molecule has 0 amide bonds. The molecule has 1 heterocycles. The number of likely N-dealkylation sites (tertiary alicyclic amines) is 1. The fourth-order valence-corrected chi connectivity index (χ4v) is 2.44. The Kier molecular flexibility index (Phi) is 2.45. The molecule has 0 radical (unpaired) electrons. The van der Waals surface area contributed by atoms with Crippen LogP contribution in [0.15, 0.2) is 22.8 Å². The molecule has 1 fully saturated rings. The summed E-state index contributed by atoms with van der Waals surface area (Å²) in [6.07, 6.45) is 5.16. The van der Waals surface area contributed by atoms with E-state index in [1.54, 1.807) is 0 Å². The Morgan fingerprint density at radius 3 is 3.15 bits per heavy atom. The van der Waals surface area contributed by atoms with Crippen LogP contribution in [0.3, 0.4) is 0 Å². The number of nitrogens with zero attached hydrogens (tertiary/aromatic N) is 1. The van der Waals surface area contributed by atoms with Gasteiger partial charge >= 0.3 is 0 Å². The van der Waals surface area contributed by atoms with Crippen LogP contribution >= 0.6 is 11.6 Å². The summed E-state index contributed by atoms with van der Waals surface area (Å²) in [5.74, 6) is 0.527. The molecule has 72 valence electrons. The standard InChI is InChI=1S/C10H15ClN2/c1-13-5-7-4-8(11)2-3-9(7)10(12)6-13/h2,4,9-10H,3,5-6,12H2,1H3. The third-order valence-electron chi connectivity index (χ3n) is 2.86. The molecule has 1 aliphatic heterocycles. The second-order valence-corrected chi connectivity index (χ2v) is 4.45.